The van der Waals surface area contributed by atoms with Crippen LogP contribution in [0.2, 0.25) is 5.02 Å². The number of carbonyl (C=O) groups is 1. The second-order valence-corrected chi connectivity index (χ2v) is 4.63. The lowest BCUT2D eigenvalue weighted by molar-refractivity contribution is -0.114. The van der Waals surface area contributed by atoms with E-state index in [9.17, 15) is 4.79 Å². The average Bonchev–Trinajstić information content (AvgIpc) is 2.27. The first-order valence-corrected chi connectivity index (χ1v) is 6.06. The van der Waals surface area contributed by atoms with E-state index < -0.39 is 4.83 Å². The van der Waals surface area contributed by atoms with Crippen molar-refractivity contribution in [1.29, 1.82) is 0 Å². The second kappa shape index (κ2) is 5.69. The lowest BCUT2D eigenvalue weighted by Crippen LogP contribution is -2.09. The van der Waals surface area contributed by atoms with E-state index in [1.54, 1.807) is 24.3 Å². The van der Waals surface area contributed by atoms with Crippen LogP contribution in [0.3, 0.4) is 0 Å². The van der Waals surface area contributed by atoms with Crippen molar-refractivity contribution in [3.63, 3.8) is 0 Å². The highest BCUT2D eigenvalue weighted by atomic mass is 79.9. The van der Waals surface area contributed by atoms with E-state index in [4.69, 9.17) is 23.2 Å². The van der Waals surface area contributed by atoms with E-state index >= 15 is 0 Å². The van der Waals surface area contributed by atoms with Crippen LogP contribution < -0.4 is 0 Å². The molecule has 80 valence electrons. The van der Waals surface area contributed by atoms with E-state index in [0.717, 1.165) is 5.56 Å². The van der Waals surface area contributed by atoms with Crippen molar-refractivity contribution < 1.29 is 4.79 Å². The molecule has 0 fully saturated rings. The topological polar surface area (TPSA) is 17.1 Å². The summed E-state index contributed by atoms with van der Waals surface area (Å²) in [4.78, 5) is 11.3. The molecule has 0 spiro atoms. The van der Waals surface area contributed by atoms with Crippen LogP contribution in [0.15, 0.2) is 36.4 Å². The molecule has 0 aliphatic heterocycles. The maximum absolute atomic E-state index is 11.7. The third-order valence-corrected chi connectivity index (χ3v) is 3.42. The molecule has 0 aliphatic rings. The number of Topliss-reactive ketones (excluding diaryl/α,β-unsaturated/α-hetero) is 1. The summed E-state index contributed by atoms with van der Waals surface area (Å²) in [7, 11) is 0. The molecular formula is C11H9BrCl2O. The van der Waals surface area contributed by atoms with Crippen molar-refractivity contribution in [2.45, 2.75) is 4.83 Å². The molecule has 1 atom stereocenters. The summed E-state index contributed by atoms with van der Waals surface area (Å²) in [5.41, 5.74) is 1.24. The van der Waals surface area contributed by atoms with E-state index in [1.807, 2.05) is 0 Å². The summed E-state index contributed by atoms with van der Waals surface area (Å²) < 4.78 is 0. The molecule has 1 aromatic carbocycles. The molecule has 0 saturated heterocycles. The highest BCUT2D eigenvalue weighted by Gasteiger charge is 2.18. The first-order chi connectivity index (χ1) is 7.06. The highest BCUT2D eigenvalue weighted by Crippen LogP contribution is 2.27. The van der Waals surface area contributed by atoms with Crippen LogP contribution in [0.25, 0.3) is 0 Å². The van der Waals surface area contributed by atoms with Gasteiger partial charge in [0.2, 0.25) is 0 Å². The first-order valence-electron chi connectivity index (χ1n) is 4.23. The normalized spacial score (nSPS) is 12.2. The Hall–Kier alpha value is -0.310. The predicted molar refractivity (Wildman–Crippen MR) is 68.0 cm³/mol. The van der Waals surface area contributed by atoms with Gasteiger partial charge in [0, 0.05) is 10.6 Å². The van der Waals surface area contributed by atoms with Gasteiger partial charge in [-0.2, -0.15) is 0 Å². The Morgan fingerprint density at radius 2 is 1.93 bits per heavy atom. The molecule has 0 amide bonds. The van der Waals surface area contributed by atoms with Gasteiger partial charge in [0.1, 0.15) is 4.83 Å². The fraction of sp³-hybridized carbons (Fsp3) is 0.182. The van der Waals surface area contributed by atoms with Crippen molar-refractivity contribution >= 4 is 44.9 Å². The molecule has 0 radical (unpaired) electrons. The molecule has 0 aromatic heterocycles. The van der Waals surface area contributed by atoms with Gasteiger partial charge in [-0.05, 0) is 17.7 Å². The summed E-state index contributed by atoms with van der Waals surface area (Å²) in [6, 6.07) is 7.06. The molecule has 1 aromatic rings. The zero-order valence-corrected chi connectivity index (χ0v) is 10.9. The highest BCUT2D eigenvalue weighted by molar-refractivity contribution is 9.09. The maximum Gasteiger partial charge on any atom is 0.177 e. The Bertz CT molecular complexity index is 373. The first kappa shape index (κ1) is 12.8. The van der Waals surface area contributed by atoms with Gasteiger partial charge in [-0.25, -0.2) is 0 Å². The molecule has 0 N–H and O–H groups in total. The van der Waals surface area contributed by atoms with Crippen LogP contribution in [0, 0.1) is 0 Å². The minimum absolute atomic E-state index is 0.104. The molecule has 0 heterocycles. The van der Waals surface area contributed by atoms with Crippen LogP contribution in [-0.2, 0) is 4.79 Å². The van der Waals surface area contributed by atoms with Crippen molar-refractivity contribution in [2.24, 2.45) is 0 Å². The van der Waals surface area contributed by atoms with Crippen molar-refractivity contribution in [3.8, 4) is 0 Å². The summed E-state index contributed by atoms with van der Waals surface area (Å²) in [6.07, 6.45) is 0. The average molecular weight is 308 g/mol. The number of benzene rings is 1. The van der Waals surface area contributed by atoms with Crippen LogP contribution >= 0.6 is 39.1 Å². The van der Waals surface area contributed by atoms with Gasteiger partial charge in [-0.15, -0.1) is 11.6 Å². The van der Waals surface area contributed by atoms with Gasteiger partial charge < -0.3 is 0 Å². The zero-order valence-electron chi connectivity index (χ0n) is 7.84. The number of alkyl halides is 2. The van der Waals surface area contributed by atoms with Gasteiger partial charge in [0.15, 0.2) is 5.78 Å². The fourth-order valence-corrected chi connectivity index (χ4v) is 1.91. The van der Waals surface area contributed by atoms with Crippen LogP contribution in [0.1, 0.15) is 10.4 Å². The van der Waals surface area contributed by atoms with Gasteiger partial charge >= 0.3 is 0 Å². The van der Waals surface area contributed by atoms with E-state index in [1.165, 1.54) is 0 Å². The van der Waals surface area contributed by atoms with Crippen LogP contribution in [0.4, 0.5) is 0 Å². The molecule has 1 nitrogen and oxygen atoms in total. The van der Waals surface area contributed by atoms with Gasteiger partial charge in [0.25, 0.3) is 0 Å². The number of carbonyl (C=O) groups excluding carboxylic acids is 1. The number of hydrogen-bond donors (Lipinski definition) is 0. The number of rotatable bonds is 4. The number of hydrogen-bond acceptors (Lipinski definition) is 1. The molecule has 0 aliphatic carbocycles. The van der Waals surface area contributed by atoms with Crippen molar-refractivity contribution in [3.05, 3.63) is 47.0 Å². The molecule has 15 heavy (non-hydrogen) atoms. The Labute approximate surface area is 107 Å². The Morgan fingerprint density at radius 1 is 1.40 bits per heavy atom. The monoisotopic (exact) mass is 306 g/mol. The minimum atomic E-state index is -0.402. The number of ketones is 1. The zero-order chi connectivity index (χ0) is 11.4. The molecule has 1 unspecified atom stereocenters. The summed E-state index contributed by atoms with van der Waals surface area (Å²) in [6.45, 7) is 3.60. The third-order valence-electron chi connectivity index (χ3n) is 1.90. The molecule has 0 bridgehead atoms. The Morgan fingerprint density at radius 3 is 2.40 bits per heavy atom. The fourth-order valence-electron chi connectivity index (χ4n) is 1.03. The molecule has 0 saturated carbocycles. The van der Waals surface area contributed by atoms with E-state index in [0.29, 0.717) is 10.6 Å². The van der Waals surface area contributed by atoms with E-state index in [-0.39, 0.29) is 11.7 Å². The molecular weight excluding hydrogens is 299 g/mol. The number of halogens is 3. The maximum atomic E-state index is 11.7. The predicted octanol–water partition coefficient (Wildman–Crippen LogP) is 4.14. The van der Waals surface area contributed by atoms with Gasteiger partial charge in [-0.1, -0.05) is 46.2 Å². The SMILES string of the molecule is C=C(CCl)C(=O)C(Br)c1ccc(Cl)cc1. The van der Waals surface area contributed by atoms with Gasteiger partial charge in [-0.3, -0.25) is 4.79 Å². The standard InChI is InChI=1S/C11H9BrCl2O/c1-7(6-13)11(15)10(12)8-2-4-9(14)5-3-8/h2-5,10H,1,6H2. The molecule has 1 rings (SSSR count). The lowest BCUT2D eigenvalue weighted by Gasteiger charge is -2.09. The van der Waals surface area contributed by atoms with Crippen LogP contribution in [-0.4, -0.2) is 11.7 Å². The third kappa shape index (κ3) is 3.33. The lowest BCUT2D eigenvalue weighted by atomic mass is 10.1. The Kier molecular flexibility index (Phi) is 4.84. The summed E-state index contributed by atoms with van der Waals surface area (Å²) in [5.74, 6) is 0.0430. The summed E-state index contributed by atoms with van der Waals surface area (Å²) in [5, 5.41) is 0.641. The smallest absolute Gasteiger partial charge is 0.177 e. The van der Waals surface area contributed by atoms with Gasteiger partial charge in [0.05, 0.1) is 5.88 Å². The van der Waals surface area contributed by atoms with E-state index in [2.05, 4.69) is 22.5 Å². The summed E-state index contributed by atoms with van der Waals surface area (Å²) >= 11 is 14.6. The Balaban J connectivity index is 2.85. The van der Waals surface area contributed by atoms with Crippen molar-refractivity contribution in [2.75, 3.05) is 5.88 Å². The van der Waals surface area contributed by atoms with Crippen LogP contribution in [0.5, 0.6) is 0 Å². The number of allylic oxidation sites excluding steroid dienone is 1. The molecule has 4 heteroatoms. The van der Waals surface area contributed by atoms with Crippen molar-refractivity contribution in [1.82, 2.24) is 0 Å². The minimum Gasteiger partial charge on any atom is -0.293 e. The quantitative estimate of drug-likeness (QED) is 0.603. The largest absolute Gasteiger partial charge is 0.293 e. The second-order valence-electron chi connectivity index (χ2n) is 3.02.